The van der Waals surface area contributed by atoms with Gasteiger partial charge in [-0.15, -0.1) is 11.3 Å². The number of ether oxygens (including phenoxy) is 2. The van der Waals surface area contributed by atoms with Gasteiger partial charge in [-0.2, -0.15) is 0 Å². The van der Waals surface area contributed by atoms with Gasteiger partial charge in [0.25, 0.3) is 0 Å². The molecule has 220 valence electrons. The highest BCUT2D eigenvalue weighted by Crippen LogP contribution is 2.44. The van der Waals surface area contributed by atoms with Gasteiger partial charge in [-0.05, 0) is 52.1 Å². The van der Waals surface area contributed by atoms with Crippen molar-refractivity contribution < 1.29 is 19.4 Å². The summed E-state index contributed by atoms with van der Waals surface area (Å²) in [5, 5.41) is 12.4. The van der Waals surface area contributed by atoms with E-state index in [0.29, 0.717) is 6.54 Å². The first-order chi connectivity index (χ1) is 21.0. The molecule has 0 bridgehead atoms. The second kappa shape index (κ2) is 13.4. The van der Waals surface area contributed by atoms with Crippen LogP contribution < -0.4 is 5.32 Å². The molecule has 2 heterocycles. The zero-order valence-electron chi connectivity index (χ0n) is 24.1. The highest BCUT2D eigenvalue weighted by molar-refractivity contribution is 8.01. The molecule has 0 unspecified atom stereocenters. The Balaban J connectivity index is 1.27. The Morgan fingerprint density at radius 2 is 1.67 bits per heavy atom. The summed E-state index contributed by atoms with van der Waals surface area (Å²) in [6, 6.07) is 32.7. The van der Waals surface area contributed by atoms with Crippen molar-refractivity contribution in [1.82, 2.24) is 10.3 Å². The van der Waals surface area contributed by atoms with Crippen LogP contribution >= 0.6 is 23.1 Å². The zero-order valence-corrected chi connectivity index (χ0v) is 25.7. The maximum atomic E-state index is 11.4. The van der Waals surface area contributed by atoms with Crippen molar-refractivity contribution in [3.63, 3.8) is 0 Å². The van der Waals surface area contributed by atoms with E-state index in [1.165, 1.54) is 11.6 Å². The molecular weight excluding hydrogens is 577 g/mol. The summed E-state index contributed by atoms with van der Waals surface area (Å²) in [5.74, 6) is 0.785. The molecule has 2 N–H and O–H groups in total. The van der Waals surface area contributed by atoms with Gasteiger partial charge in [-0.25, -0.2) is 4.98 Å². The first-order valence-electron chi connectivity index (χ1n) is 14.4. The molecule has 6 nitrogen and oxygen atoms in total. The minimum absolute atomic E-state index is 0.00727. The maximum Gasteiger partial charge on any atom is 0.217 e. The third-order valence-electron chi connectivity index (χ3n) is 7.73. The predicted octanol–water partition coefficient (Wildman–Crippen LogP) is 7.68. The van der Waals surface area contributed by atoms with Crippen molar-refractivity contribution in [2.75, 3.05) is 5.75 Å². The number of carbonyl (C=O) groups excluding carboxylic acids is 1. The van der Waals surface area contributed by atoms with Crippen molar-refractivity contribution in [1.29, 1.82) is 0 Å². The van der Waals surface area contributed by atoms with E-state index in [-0.39, 0.29) is 30.6 Å². The van der Waals surface area contributed by atoms with E-state index in [1.54, 1.807) is 23.1 Å². The SMILES string of the molecule is CC(=O)NCc1cccc(-c2cccc([C@@H]3O[C@H](CSc4nc5ccccc5s4)[C@H](C)[C@H](c4ccc(CO)cc4)O3)c2)c1. The molecule has 1 fully saturated rings. The molecule has 0 spiro atoms. The Morgan fingerprint density at radius 3 is 2.44 bits per heavy atom. The second-order valence-corrected chi connectivity index (χ2v) is 13.1. The Bertz CT molecular complexity index is 1670. The summed E-state index contributed by atoms with van der Waals surface area (Å²) >= 11 is 3.44. The van der Waals surface area contributed by atoms with E-state index in [9.17, 15) is 9.90 Å². The zero-order chi connectivity index (χ0) is 29.8. The molecule has 5 aromatic rings. The molecule has 1 aliphatic heterocycles. The number of aliphatic hydroxyl groups excluding tert-OH is 1. The normalized spacial score (nSPS) is 20.3. The lowest BCUT2D eigenvalue weighted by Crippen LogP contribution is -2.38. The van der Waals surface area contributed by atoms with E-state index in [2.05, 4.69) is 48.6 Å². The molecule has 0 aliphatic carbocycles. The number of carbonyl (C=O) groups is 1. The molecule has 1 amide bonds. The van der Waals surface area contributed by atoms with Crippen molar-refractivity contribution in [2.45, 2.75) is 49.8 Å². The Hall–Kier alpha value is -3.53. The first-order valence-corrected chi connectivity index (χ1v) is 16.2. The van der Waals surface area contributed by atoms with Crippen LogP contribution in [0, 0.1) is 5.92 Å². The van der Waals surface area contributed by atoms with Gasteiger partial charge in [0.2, 0.25) is 5.91 Å². The summed E-state index contributed by atoms with van der Waals surface area (Å²) in [4.78, 5) is 16.2. The van der Waals surface area contributed by atoms with Crippen LogP contribution in [0.2, 0.25) is 0 Å². The molecule has 4 atom stereocenters. The van der Waals surface area contributed by atoms with Crippen LogP contribution in [0.3, 0.4) is 0 Å². The van der Waals surface area contributed by atoms with Crippen LogP contribution in [0.15, 0.2) is 101 Å². The van der Waals surface area contributed by atoms with E-state index in [0.717, 1.165) is 49.0 Å². The van der Waals surface area contributed by atoms with Crippen LogP contribution in [0.5, 0.6) is 0 Å². The van der Waals surface area contributed by atoms with E-state index < -0.39 is 6.29 Å². The fourth-order valence-electron chi connectivity index (χ4n) is 5.33. The minimum atomic E-state index is -0.554. The van der Waals surface area contributed by atoms with Crippen LogP contribution in [-0.4, -0.2) is 27.9 Å². The number of hydrogen-bond donors (Lipinski definition) is 2. The third kappa shape index (κ3) is 7.00. The van der Waals surface area contributed by atoms with E-state index >= 15 is 0 Å². The number of thioether (sulfide) groups is 1. The maximum absolute atomic E-state index is 11.4. The van der Waals surface area contributed by atoms with Gasteiger partial charge >= 0.3 is 0 Å². The molecule has 1 aromatic heterocycles. The lowest BCUT2D eigenvalue weighted by molar-refractivity contribution is -0.268. The molecular formula is C35H34N2O4S2. The molecule has 6 rings (SSSR count). The first kappa shape index (κ1) is 29.5. The molecule has 1 aliphatic rings. The molecule has 8 heteroatoms. The molecule has 1 saturated heterocycles. The fraction of sp³-hybridized carbons (Fsp3) is 0.257. The number of rotatable bonds is 9. The predicted molar refractivity (Wildman–Crippen MR) is 173 cm³/mol. The molecule has 0 saturated carbocycles. The van der Waals surface area contributed by atoms with Crippen molar-refractivity contribution in [2.24, 2.45) is 5.92 Å². The Labute approximate surface area is 260 Å². The quantitative estimate of drug-likeness (QED) is 0.167. The third-order valence-corrected chi connectivity index (χ3v) is 10.00. The summed E-state index contributed by atoms with van der Waals surface area (Å²) in [7, 11) is 0. The van der Waals surface area contributed by atoms with Gasteiger partial charge in [0.1, 0.15) is 0 Å². The average Bonchev–Trinajstić information content (AvgIpc) is 3.47. The highest BCUT2D eigenvalue weighted by Gasteiger charge is 2.38. The number of amides is 1. The number of fused-ring (bicyclic) bond motifs is 1. The van der Waals surface area contributed by atoms with Crippen LogP contribution in [-0.2, 0) is 27.4 Å². The largest absolute Gasteiger partial charge is 0.392 e. The number of thiazole rings is 1. The smallest absolute Gasteiger partial charge is 0.217 e. The van der Waals surface area contributed by atoms with Crippen LogP contribution in [0.1, 0.15) is 48.5 Å². The Morgan fingerprint density at radius 1 is 0.907 bits per heavy atom. The van der Waals surface area contributed by atoms with Crippen molar-refractivity contribution >= 4 is 39.2 Å². The van der Waals surface area contributed by atoms with Gasteiger partial charge in [-0.3, -0.25) is 4.79 Å². The number of hydrogen-bond acceptors (Lipinski definition) is 7. The Kier molecular flexibility index (Phi) is 9.21. The van der Waals surface area contributed by atoms with Crippen molar-refractivity contribution in [3.05, 3.63) is 119 Å². The summed E-state index contributed by atoms with van der Waals surface area (Å²) < 4.78 is 15.6. The highest BCUT2D eigenvalue weighted by atomic mass is 32.2. The monoisotopic (exact) mass is 610 g/mol. The number of benzene rings is 4. The molecule has 4 aromatic carbocycles. The number of nitrogens with zero attached hydrogens (tertiary/aromatic N) is 1. The van der Waals surface area contributed by atoms with Crippen LogP contribution in [0.4, 0.5) is 0 Å². The number of nitrogens with one attached hydrogen (secondary N) is 1. The number of aliphatic hydroxyl groups is 1. The van der Waals surface area contributed by atoms with Gasteiger partial charge < -0.3 is 19.9 Å². The standard InChI is InChI=1S/C35H34N2O4S2/c1-22-31(21-42-35-37-30-11-3-4-12-32(30)43-35)40-34(41-33(22)26-15-13-24(20-38)14-16-26)29-10-6-9-28(18-29)27-8-5-7-25(17-27)19-36-23(2)39/h3-18,22,31,33-34,38H,19-21H2,1-2H3,(H,36,39)/t22-,31+,33+,34+/m0/s1. The van der Waals surface area contributed by atoms with Gasteiger partial charge in [0, 0.05) is 30.7 Å². The summed E-state index contributed by atoms with van der Waals surface area (Å²) in [6.07, 6.45) is -0.817. The average molecular weight is 611 g/mol. The fourth-order valence-corrected chi connectivity index (χ4v) is 7.59. The second-order valence-electron chi connectivity index (χ2n) is 10.8. The molecule has 43 heavy (non-hydrogen) atoms. The van der Waals surface area contributed by atoms with E-state index in [4.69, 9.17) is 14.5 Å². The summed E-state index contributed by atoms with van der Waals surface area (Å²) in [6.45, 7) is 4.20. The topological polar surface area (TPSA) is 80.7 Å². The molecule has 0 radical (unpaired) electrons. The number of para-hydroxylation sites is 1. The van der Waals surface area contributed by atoms with E-state index in [1.807, 2.05) is 60.7 Å². The lowest BCUT2D eigenvalue weighted by atomic mass is 9.91. The minimum Gasteiger partial charge on any atom is -0.392 e. The van der Waals surface area contributed by atoms with Crippen LogP contribution in [0.25, 0.3) is 21.3 Å². The van der Waals surface area contributed by atoms with Gasteiger partial charge in [0.05, 0.1) is 29.0 Å². The number of aromatic nitrogens is 1. The van der Waals surface area contributed by atoms with Crippen molar-refractivity contribution in [3.8, 4) is 11.1 Å². The van der Waals surface area contributed by atoms with Gasteiger partial charge in [0.15, 0.2) is 10.6 Å². The lowest BCUT2D eigenvalue weighted by Gasteiger charge is -2.41. The summed E-state index contributed by atoms with van der Waals surface area (Å²) in [5.41, 5.74) is 7.06. The van der Waals surface area contributed by atoms with Gasteiger partial charge in [-0.1, -0.05) is 91.5 Å².